The molecule has 0 saturated heterocycles. The standard InChI is InChI=1S/C12H20N6/c13-11(14)17-18-12(15)16-9-5-4-8-10-6-2-1-3-7-10/h1-3,6-7H,4-5,8-9H2,(H4,13,14,17)(H3,15,16,18). The van der Waals surface area contributed by atoms with E-state index < -0.39 is 0 Å². The highest BCUT2D eigenvalue weighted by molar-refractivity contribution is 5.81. The van der Waals surface area contributed by atoms with Crippen LogP contribution in [0.4, 0.5) is 0 Å². The van der Waals surface area contributed by atoms with Crippen molar-refractivity contribution in [3.05, 3.63) is 35.9 Å². The Bertz CT molecular complexity index is 394. The summed E-state index contributed by atoms with van der Waals surface area (Å²) in [6.07, 6.45) is 3.10. The number of aryl methyl sites for hydroxylation is 1. The van der Waals surface area contributed by atoms with Crippen LogP contribution in [0.1, 0.15) is 18.4 Å². The molecule has 0 atom stereocenters. The van der Waals surface area contributed by atoms with Gasteiger partial charge < -0.3 is 17.2 Å². The van der Waals surface area contributed by atoms with Gasteiger partial charge in [-0.1, -0.05) is 30.3 Å². The number of unbranched alkanes of at least 4 members (excludes halogenated alkanes) is 1. The molecule has 1 rings (SSSR count). The molecule has 0 saturated carbocycles. The molecular weight excluding hydrogens is 228 g/mol. The Hall–Kier alpha value is -2.24. The molecule has 0 heterocycles. The van der Waals surface area contributed by atoms with Crippen molar-refractivity contribution in [1.29, 1.82) is 0 Å². The Morgan fingerprint density at radius 3 is 2.44 bits per heavy atom. The summed E-state index contributed by atoms with van der Waals surface area (Å²) in [5.41, 5.74) is 19.6. The average molecular weight is 248 g/mol. The number of nitrogens with zero attached hydrogens (tertiary/aromatic N) is 2. The molecule has 0 bridgehead atoms. The largest absolute Gasteiger partial charge is 0.369 e. The van der Waals surface area contributed by atoms with Crippen molar-refractivity contribution in [2.24, 2.45) is 27.3 Å². The molecule has 6 nitrogen and oxygen atoms in total. The predicted octanol–water partition coefficient (Wildman–Crippen LogP) is 0.102. The molecule has 0 aliphatic rings. The zero-order chi connectivity index (χ0) is 13.2. The molecule has 0 fully saturated rings. The predicted molar refractivity (Wildman–Crippen MR) is 74.8 cm³/mol. The number of nitrogens with one attached hydrogen (secondary N) is 1. The first-order valence-electron chi connectivity index (χ1n) is 5.87. The zero-order valence-electron chi connectivity index (χ0n) is 10.3. The smallest absolute Gasteiger partial charge is 0.209 e. The van der Waals surface area contributed by atoms with Crippen LogP contribution in [-0.2, 0) is 6.42 Å². The third-order valence-electron chi connectivity index (χ3n) is 2.30. The van der Waals surface area contributed by atoms with Crippen LogP contribution in [-0.4, -0.2) is 18.5 Å². The molecule has 1 aromatic carbocycles. The monoisotopic (exact) mass is 248 g/mol. The van der Waals surface area contributed by atoms with Crippen LogP contribution in [0.5, 0.6) is 0 Å². The minimum Gasteiger partial charge on any atom is -0.369 e. The summed E-state index contributed by atoms with van der Waals surface area (Å²) in [6.45, 7) is 0.658. The minimum atomic E-state index is -0.0720. The second-order valence-electron chi connectivity index (χ2n) is 3.86. The van der Waals surface area contributed by atoms with Gasteiger partial charge in [-0.25, -0.2) is 5.43 Å². The van der Waals surface area contributed by atoms with Crippen molar-refractivity contribution in [1.82, 2.24) is 5.43 Å². The Balaban J connectivity index is 2.15. The van der Waals surface area contributed by atoms with Gasteiger partial charge >= 0.3 is 0 Å². The van der Waals surface area contributed by atoms with E-state index in [0.717, 1.165) is 19.3 Å². The number of aliphatic imine (C=N–C) groups is 1. The van der Waals surface area contributed by atoms with E-state index >= 15 is 0 Å². The van der Waals surface area contributed by atoms with Gasteiger partial charge in [-0.05, 0) is 24.8 Å². The van der Waals surface area contributed by atoms with E-state index in [9.17, 15) is 0 Å². The van der Waals surface area contributed by atoms with E-state index in [1.807, 2.05) is 18.2 Å². The molecule has 0 aliphatic heterocycles. The summed E-state index contributed by atoms with van der Waals surface area (Å²) in [5.74, 6) is 0.153. The van der Waals surface area contributed by atoms with Crippen molar-refractivity contribution >= 4 is 11.9 Å². The SMILES string of the molecule is NC(N)=NNC(N)=NCCCCc1ccccc1. The second-order valence-corrected chi connectivity index (χ2v) is 3.86. The highest BCUT2D eigenvalue weighted by Crippen LogP contribution is 2.04. The van der Waals surface area contributed by atoms with Crippen LogP contribution in [0.2, 0.25) is 0 Å². The van der Waals surface area contributed by atoms with Gasteiger partial charge in [-0.3, -0.25) is 4.99 Å². The first-order chi connectivity index (χ1) is 8.68. The van der Waals surface area contributed by atoms with E-state index in [0.29, 0.717) is 6.54 Å². The van der Waals surface area contributed by atoms with Crippen LogP contribution in [0.3, 0.4) is 0 Å². The van der Waals surface area contributed by atoms with Crippen LogP contribution in [0.25, 0.3) is 0 Å². The van der Waals surface area contributed by atoms with Gasteiger partial charge in [0.05, 0.1) is 0 Å². The molecule has 0 aliphatic carbocycles. The average Bonchev–Trinajstić information content (AvgIpc) is 2.37. The van der Waals surface area contributed by atoms with Gasteiger partial charge in [-0.15, -0.1) is 5.10 Å². The fourth-order valence-corrected chi connectivity index (χ4v) is 1.44. The highest BCUT2D eigenvalue weighted by Gasteiger charge is 1.93. The van der Waals surface area contributed by atoms with Crippen molar-refractivity contribution in [3.8, 4) is 0 Å². The van der Waals surface area contributed by atoms with Crippen molar-refractivity contribution < 1.29 is 0 Å². The summed E-state index contributed by atoms with van der Waals surface area (Å²) < 4.78 is 0. The number of hydrogen-bond acceptors (Lipinski definition) is 2. The van der Waals surface area contributed by atoms with Crippen molar-refractivity contribution in [3.63, 3.8) is 0 Å². The Labute approximate surface area is 107 Å². The second kappa shape index (κ2) is 7.94. The summed E-state index contributed by atoms with van der Waals surface area (Å²) in [5, 5.41) is 3.54. The van der Waals surface area contributed by atoms with E-state index in [1.54, 1.807) is 0 Å². The first-order valence-corrected chi connectivity index (χ1v) is 5.87. The lowest BCUT2D eigenvalue weighted by atomic mass is 10.1. The first kappa shape index (κ1) is 13.8. The van der Waals surface area contributed by atoms with Gasteiger partial charge in [0.15, 0.2) is 0 Å². The fraction of sp³-hybridized carbons (Fsp3) is 0.333. The molecule has 0 amide bonds. The molecule has 0 spiro atoms. The molecule has 18 heavy (non-hydrogen) atoms. The lowest BCUT2D eigenvalue weighted by molar-refractivity contribution is 0.741. The van der Waals surface area contributed by atoms with Gasteiger partial charge in [0, 0.05) is 6.54 Å². The summed E-state index contributed by atoms with van der Waals surface area (Å²) >= 11 is 0. The topological polar surface area (TPSA) is 115 Å². The maximum Gasteiger partial charge on any atom is 0.209 e. The maximum atomic E-state index is 5.54. The molecule has 0 unspecified atom stereocenters. The number of nitrogens with two attached hydrogens (primary N) is 3. The number of benzene rings is 1. The Kier molecular flexibility index (Phi) is 6.10. The normalized spacial score (nSPS) is 11.0. The van der Waals surface area contributed by atoms with E-state index in [4.69, 9.17) is 17.2 Å². The van der Waals surface area contributed by atoms with Crippen LogP contribution in [0, 0.1) is 0 Å². The molecule has 98 valence electrons. The van der Waals surface area contributed by atoms with E-state index in [-0.39, 0.29) is 11.9 Å². The molecule has 0 aromatic heterocycles. The van der Waals surface area contributed by atoms with Crippen LogP contribution < -0.4 is 22.6 Å². The molecule has 7 N–H and O–H groups in total. The van der Waals surface area contributed by atoms with Crippen molar-refractivity contribution in [2.75, 3.05) is 6.54 Å². The number of guanidine groups is 2. The third-order valence-corrected chi connectivity index (χ3v) is 2.30. The van der Waals surface area contributed by atoms with Gasteiger partial charge in [0.25, 0.3) is 0 Å². The third kappa shape index (κ3) is 6.37. The molecular formula is C12H20N6. The van der Waals surface area contributed by atoms with E-state index in [1.165, 1.54) is 5.56 Å². The quantitative estimate of drug-likeness (QED) is 0.247. The van der Waals surface area contributed by atoms with Crippen molar-refractivity contribution in [2.45, 2.75) is 19.3 Å². The van der Waals surface area contributed by atoms with E-state index in [2.05, 4.69) is 27.7 Å². The van der Waals surface area contributed by atoms with Crippen LogP contribution in [0.15, 0.2) is 40.4 Å². The summed E-state index contributed by atoms with van der Waals surface area (Å²) in [6, 6.07) is 10.4. The number of rotatable bonds is 6. The van der Waals surface area contributed by atoms with Crippen LogP contribution >= 0.6 is 0 Å². The summed E-state index contributed by atoms with van der Waals surface area (Å²) in [7, 11) is 0. The Morgan fingerprint density at radius 2 is 1.78 bits per heavy atom. The highest BCUT2D eigenvalue weighted by atomic mass is 15.4. The van der Waals surface area contributed by atoms with Gasteiger partial charge in [0.1, 0.15) is 0 Å². The fourth-order valence-electron chi connectivity index (χ4n) is 1.44. The summed E-state index contributed by atoms with van der Waals surface area (Å²) in [4.78, 5) is 4.09. The lowest BCUT2D eigenvalue weighted by Gasteiger charge is -2.01. The molecule has 0 radical (unpaired) electrons. The molecule has 6 heteroatoms. The number of hydrogen-bond donors (Lipinski definition) is 4. The molecule has 1 aromatic rings. The lowest BCUT2D eigenvalue weighted by Crippen LogP contribution is -2.33. The minimum absolute atomic E-state index is 0.0720. The van der Waals surface area contributed by atoms with Gasteiger partial charge in [-0.2, -0.15) is 0 Å². The maximum absolute atomic E-state index is 5.54. The zero-order valence-corrected chi connectivity index (χ0v) is 10.3. The number of hydrazone groups is 1. The van der Waals surface area contributed by atoms with Gasteiger partial charge in [0.2, 0.25) is 11.9 Å². The Morgan fingerprint density at radius 1 is 1.06 bits per heavy atom.